The third-order valence-corrected chi connectivity index (χ3v) is 4.97. The standard InChI is InChI=1S/C24H24ClNO4/c1-16(17-4-7-20(25)8-5-17)26-24(27)18-6-13-23(29-3)19(14-18)15-30-22-11-9-21(28-2)10-12-22/h4-14,16H,15H2,1-3H3,(H,26,27). The van der Waals surface area contributed by atoms with Crippen LogP contribution in [0.1, 0.15) is 34.5 Å². The van der Waals surface area contributed by atoms with Crippen molar-refractivity contribution < 1.29 is 19.0 Å². The van der Waals surface area contributed by atoms with Crippen LogP contribution in [0.4, 0.5) is 0 Å². The molecule has 1 amide bonds. The number of rotatable bonds is 8. The van der Waals surface area contributed by atoms with Gasteiger partial charge >= 0.3 is 0 Å². The summed E-state index contributed by atoms with van der Waals surface area (Å²) in [6.07, 6.45) is 0. The molecule has 3 aromatic rings. The highest BCUT2D eigenvalue weighted by Gasteiger charge is 2.14. The summed E-state index contributed by atoms with van der Waals surface area (Å²) < 4.78 is 16.4. The van der Waals surface area contributed by atoms with Crippen LogP contribution in [0.25, 0.3) is 0 Å². The van der Waals surface area contributed by atoms with Gasteiger partial charge in [-0.05, 0) is 67.1 Å². The lowest BCUT2D eigenvalue weighted by atomic mass is 10.1. The third kappa shape index (κ3) is 5.45. The van der Waals surface area contributed by atoms with E-state index in [0.29, 0.717) is 22.1 Å². The van der Waals surface area contributed by atoms with E-state index in [2.05, 4.69) is 5.32 Å². The first kappa shape index (κ1) is 21.5. The van der Waals surface area contributed by atoms with Gasteiger partial charge in [0.2, 0.25) is 0 Å². The van der Waals surface area contributed by atoms with Crippen molar-refractivity contribution in [2.24, 2.45) is 0 Å². The van der Waals surface area contributed by atoms with Crippen LogP contribution in [-0.2, 0) is 6.61 Å². The van der Waals surface area contributed by atoms with Crippen LogP contribution in [0.5, 0.6) is 17.2 Å². The van der Waals surface area contributed by atoms with Gasteiger partial charge in [0.05, 0.1) is 20.3 Å². The van der Waals surface area contributed by atoms with Gasteiger partial charge in [-0.2, -0.15) is 0 Å². The Morgan fingerprint density at radius 1 is 0.933 bits per heavy atom. The number of amides is 1. The first-order chi connectivity index (χ1) is 14.5. The zero-order valence-electron chi connectivity index (χ0n) is 17.1. The topological polar surface area (TPSA) is 56.8 Å². The molecule has 6 heteroatoms. The molecular formula is C24H24ClNO4. The van der Waals surface area contributed by atoms with Gasteiger partial charge in [-0.3, -0.25) is 4.79 Å². The number of halogens is 1. The Hall–Kier alpha value is -3.18. The minimum atomic E-state index is -0.175. The first-order valence-corrected chi connectivity index (χ1v) is 9.88. The van der Waals surface area contributed by atoms with E-state index in [4.69, 9.17) is 25.8 Å². The van der Waals surface area contributed by atoms with Gasteiger partial charge in [-0.25, -0.2) is 0 Å². The summed E-state index contributed by atoms with van der Waals surface area (Å²) in [6.45, 7) is 2.20. The highest BCUT2D eigenvalue weighted by Crippen LogP contribution is 2.24. The highest BCUT2D eigenvalue weighted by atomic mass is 35.5. The third-order valence-electron chi connectivity index (χ3n) is 4.71. The summed E-state index contributed by atoms with van der Waals surface area (Å²) >= 11 is 5.94. The molecule has 1 unspecified atom stereocenters. The average Bonchev–Trinajstić information content (AvgIpc) is 2.78. The molecular weight excluding hydrogens is 402 g/mol. The molecule has 0 aromatic heterocycles. The lowest BCUT2D eigenvalue weighted by Gasteiger charge is -2.16. The summed E-state index contributed by atoms with van der Waals surface area (Å²) in [7, 11) is 3.21. The van der Waals surface area contributed by atoms with Crippen molar-refractivity contribution in [1.82, 2.24) is 5.32 Å². The molecule has 3 rings (SSSR count). The zero-order valence-corrected chi connectivity index (χ0v) is 17.9. The summed E-state index contributed by atoms with van der Waals surface area (Å²) in [6, 6.07) is 19.9. The second-order valence-corrected chi connectivity index (χ2v) is 7.17. The van der Waals surface area contributed by atoms with Gasteiger partial charge < -0.3 is 19.5 Å². The lowest BCUT2D eigenvalue weighted by molar-refractivity contribution is 0.0939. The molecule has 0 saturated carbocycles. The van der Waals surface area contributed by atoms with Gasteiger partial charge in [-0.15, -0.1) is 0 Å². The fraction of sp³-hybridized carbons (Fsp3) is 0.208. The van der Waals surface area contributed by atoms with Crippen molar-refractivity contribution in [2.45, 2.75) is 19.6 Å². The van der Waals surface area contributed by atoms with Gasteiger partial charge in [0, 0.05) is 16.1 Å². The Kier molecular flexibility index (Phi) is 7.20. The summed E-state index contributed by atoms with van der Waals surface area (Å²) in [5.74, 6) is 1.94. The molecule has 3 aromatic carbocycles. The predicted molar refractivity (Wildman–Crippen MR) is 118 cm³/mol. The van der Waals surface area contributed by atoms with Crippen molar-refractivity contribution in [2.75, 3.05) is 14.2 Å². The number of ether oxygens (including phenoxy) is 3. The zero-order chi connectivity index (χ0) is 21.5. The number of hydrogen-bond acceptors (Lipinski definition) is 4. The molecule has 1 N–H and O–H groups in total. The predicted octanol–water partition coefficient (Wildman–Crippen LogP) is 5.43. The van der Waals surface area contributed by atoms with Crippen LogP contribution < -0.4 is 19.5 Å². The van der Waals surface area contributed by atoms with Crippen LogP contribution in [0, 0.1) is 0 Å². The van der Waals surface area contributed by atoms with Crippen LogP contribution >= 0.6 is 11.6 Å². The highest BCUT2D eigenvalue weighted by molar-refractivity contribution is 6.30. The largest absolute Gasteiger partial charge is 0.497 e. The monoisotopic (exact) mass is 425 g/mol. The second-order valence-electron chi connectivity index (χ2n) is 6.74. The van der Waals surface area contributed by atoms with Gasteiger partial charge in [0.1, 0.15) is 23.9 Å². The number of carbonyl (C=O) groups excluding carboxylic acids is 1. The molecule has 0 spiro atoms. The van der Waals surface area contributed by atoms with E-state index < -0.39 is 0 Å². The van der Waals surface area contributed by atoms with E-state index in [9.17, 15) is 4.79 Å². The maximum absolute atomic E-state index is 12.8. The molecule has 0 radical (unpaired) electrons. The van der Waals surface area contributed by atoms with E-state index in [1.165, 1.54) is 0 Å². The van der Waals surface area contributed by atoms with Crippen molar-refractivity contribution >= 4 is 17.5 Å². The summed E-state index contributed by atoms with van der Waals surface area (Å²) in [5, 5.41) is 3.67. The number of methoxy groups -OCH3 is 2. The molecule has 0 aliphatic carbocycles. The molecule has 1 atom stereocenters. The Labute approximate surface area is 181 Å². The van der Waals surface area contributed by atoms with Crippen molar-refractivity contribution in [1.29, 1.82) is 0 Å². The first-order valence-electron chi connectivity index (χ1n) is 9.50. The fourth-order valence-electron chi connectivity index (χ4n) is 2.98. The number of nitrogens with one attached hydrogen (secondary N) is 1. The van der Waals surface area contributed by atoms with E-state index in [-0.39, 0.29) is 18.6 Å². The molecule has 0 heterocycles. The smallest absolute Gasteiger partial charge is 0.251 e. The van der Waals surface area contributed by atoms with E-state index in [0.717, 1.165) is 16.9 Å². The van der Waals surface area contributed by atoms with E-state index in [1.807, 2.05) is 55.5 Å². The lowest BCUT2D eigenvalue weighted by Crippen LogP contribution is -2.26. The van der Waals surface area contributed by atoms with Crippen molar-refractivity contribution in [3.05, 3.63) is 88.4 Å². The normalized spacial score (nSPS) is 11.5. The van der Waals surface area contributed by atoms with Crippen LogP contribution in [-0.4, -0.2) is 20.1 Å². The Bertz CT molecular complexity index is 987. The number of hydrogen-bond donors (Lipinski definition) is 1. The van der Waals surface area contributed by atoms with E-state index >= 15 is 0 Å². The van der Waals surface area contributed by atoms with E-state index in [1.54, 1.807) is 32.4 Å². The van der Waals surface area contributed by atoms with Gasteiger partial charge in [-0.1, -0.05) is 23.7 Å². The number of carbonyl (C=O) groups is 1. The van der Waals surface area contributed by atoms with Crippen LogP contribution in [0.2, 0.25) is 5.02 Å². The van der Waals surface area contributed by atoms with Crippen molar-refractivity contribution in [3.63, 3.8) is 0 Å². The Balaban J connectivity index is 1.70. The molecule has 5 nitrogen and oxygen atoms in total. The Morgan fingerprint density at radius 2 is 1.60 bits per heavy atom. The van der Waals surface area contributed by atoms with Crippen LogP contribution in [0.15, 0.2) is 66.7 Å². The maximum atomic E-state index is 12.8. The van der Waals surface area contributed by atoms with Gasteiger partial charge in [0.25, 0.3) is 5.91 Å². The molecule has 0 saturated heterocycles. The van der Waals surface area contributed by atoms with Crippen LogP contribution in [0.3, 0.4) is 0 Å². The molecule has 0 aliphatic rings. The maximum Gasteiger partial charge on any atom is 0.251 e. The molecule has 0 fully saturated rings. The SMILES string of the molecule is COc1ccc(OCc2cc(C(=O)NC(C)c3ccc(Cl)cc3)ccc2OC)cc1. The quantitative estimate of drug-likeness (QED) is 0.523. The fourth-order valence-corrected chi connectivity index (χ4v) is 3.11. The molecule has 0 bridgehead atoms. The minimum Gasteiger partial charge on any atom is -0.497 e. The Morgan fingerprint density at radius 3 is 2.23 bits per heavy atom. The summed E-state index contributed by atoms with van der Waals surface area (Å²) in [4.78, 5) is 12.8. The minimum absolute atomic E-state index is 0.157. The molecule has 156 valence electrons. The molecule has 0 aliphatic heterocycles. The average molecular weight is 426 g/mol. The van der Waals surface area contributed by atoms with Gasteiger partial charge in [0.15, 0.2) is 0 Å². The second kappa shape index (κ2) is 10.0. The summed E-state index contributed by atoms with van der Waals surface area (Å²) in [5.41, 5.74) is 2.29. The number of benzene rings is 3. The molecule has 30 heavy (non-hydrogen) atoms. The van der Waals surface area contributed by atoms with Crippen molar-refractivity contribution in [3.8, 4) is 17.2 Å².